The first-order valence-corrected chi connectivity index (χ1v) is 19.0. The Balaban J connectivity index is 1.25. The van der Waals surface area contributed by atoms with E-state index < -0.39 is 0 Å². The molecule has 0 saturated heterocycles. The van der Waals surface area contributed by atoms with Crippen molar-refractivity contribution in [1.29, 1.82) is 0 Å². The summed E-state index contributed by atoms with van der Waals surface area (Å²) in [7, 11) is 0. The molecule has 7 aromatic rings. The van der Waals surface area contributed by atoms with Gasteiger partial charge in [-0.1, -0.05) is 172 Å². The molecule has 0 heterocycles. The molecule has 7 rings (SSSR count). The van der Waals surface area contributed by atoms with Crippen molar-refractivity contribution in [3.63, 3.8) is 0 Å². The summed E-state index contributed by atoms with van der Waals surface area (Å²) in [5.41, 5.74) is 9.48. The molecule has 2 unspecified atom stereocenters. The van der Waals surface area contributed by atoms with Crippen LogP contribution in [0.3, 0.4) is 0 Å². The fourth-order valence-corrected chi connectivity index (χ4v) is 7.21. The summed E-state index contributed by atoms with van der Waals surface area (Å²) < 4.78 is 0. The lowest BCUT2D eigenvalue weighted by Crippen LogP contribution is -2.31. The molecule has 0 aliphatic carbocycles. The van der Waals surface area contributed by atoms with Crippen molar-refractivity contribution in [3.8, 4) is 0 Å². The second-order valence-electron chi connectivity index (χ2n) is 13.7. The highest BCUT2D eigenvalue weighted by atomic mass is 15.2. The van der Waals surface area contributed by atoms with Gasteiger partial charge in [0.1, 0.15) is 0 Å². The fourth-order valence-electron chi connectivity index (χ4n) is 7.21. The van der Waals surface area contributed by atoms with Crippen LogP contribution >= 0.6 is 0 Å². The maximum absolute atomic E-state index is 2.60. The van der Waals surface area contributed by atoms with Gasteiger partial charge >= 0.3 is 0 Å². The number of allylic oxidation sites excluding steroid dienone is 1. The number of fused-ring (bicyclic) bond motifs is 1. The van der Waals surface area contributed by atoms with Gasteiger partial charge < -0.3 is 9.80 Å². The van der Waals surface area contributed by atoms with E-state index in [0.717, 1.165) is 36.3 Å². The number of rotatable bonds is 14. The molecule has 0 aliphatic heterocycles. The van der Waals surface area contributed by atoms with Crippen molar-refractivity contribution < 1.29 is 0 Å². The Morgan fingerprint density at radius 3 is 1.47 bits per heavy atom. The Bertz CT molecular complexity index is 2220. The van der Waals surface area contributed by atoms with Crippen LogP contribution < -0.4 is 9.80 Å². The highest BCUT2D eigenvalue weighted by Gasteiger charge is 2.24. The van der Waals surface area contributed by atoms with Gasteiger partial charge in [-0.2, -0.15) is 0 Å². The third-order valence-electron chi connectivity index (χ3n) is 10.1. The molecular formula is C51H48N2. The summed E-state index contributed by atoms with van der Waals surface area (Å²) in [6.07, 6.45) is 12.2. The zero-order valence-corrected chi connectivity index (χ0v) is 30.8. The van der Waals surface area contributed by atoms with Crippen molar-refractivity contribution in [2.75, 3.05) is 9.80 Å². The summed E-state index contributed by atoms with van der Waals surface area (Å²) in [5.74, 6) is 0.473. The smallest absolute Gasteiger partial charge is 0.0541 e. The number of para-hydroxylation sites is 2. The van der Waals surface area contributed by atoms with Crippen LogP contribution in [-0.4, -0.2) is 6.04 Å². The van der Waals surface area contributed by atoms with Crippen LogP contribution in [0.1, 0.15) is 49.8 Å². The zero-order chi connectivity index (χ0) is 36.2. The van der Waals surface area contributed by atoms with Crippen molar-refractivity contribution in [2.24, 2.45) is 5.92 Å². The molecule has 0 fully saturated rings. The van der Waals surface area contributed by atoms with E-state index in [2.05, 4.69) is 230 Å². The number of nitrogens with zero attached hydrogens (tertiary/aromatic N) is 2. The Morgan fingerprint density at radius 1 is 0.434 bits per heavy atom. The SMILES string of the molecule is CCC(CCC(C)C=Cc1ccccc1)N(c1ccccc1)c1ccc(N(c2ccccc2)c2ccc(C=Cc3ccccc3)cc2)c2ccccc12. The van der Waals surface area contributed by atoms with Crippen LogP contribution in [0.15, 0.2) is 188 Å². The number of hydrogen-bond acceptors (Lipinski definition) is 2. The number of anilines is 5. The van der Waals surface area contributed by atoms with Gasteiger partial charge in [0, 0.05) is 39.6 Å². The molecule has 0 aromatic heterocycles. The molecule has 2 nitrogen and oxygen atoms in total. The first kappa shape index (κ1) is 35.3. The molecule has 0 spiro atoms. The molecule has 0 saturated carbocycles. The van der Waals surface area contributed by atoms with Crippen LogP contribution in [-0.2, 0) is 0 Å². The minimum Gasteiger partial charge on any atom is -0.338 e. The maximum atomic E-state index is 2.60. The van der Waals surface area contributed by atoms with E-state index in [-0.39, 0.29) is 0 Å². The monoisotopic (exact) mass is 688 g/mol. The van der Waals surface area contributed by atoms with Gasteiger partial charge in [-0.3, -0.25) is 0 Å². The quantitative estimate of drug-likeness (QED) is 0.105. The Hall–Kier alpha value is -6.12. The standard InChI is InChI=1S/C51H48N2/c1-3-44(35-29-40(2)28-30-41-18-8-4-9-19-41)52(45-22-12-6-13-23-45)50-38-39-51(49-27-17-16-26-48(49)50)53(46-24-14-7-15-25-46)47-36-33-43(34-37-47)32-31-42-20-10-5-11-21-42/h4-28,30-34,36-40,44H,3,29,35H2,1-2H3. The molecule has 2 atom stereocenters. The lowest BCUT2D eigenvalue weighted by molar-refractivity contribution is 0.510. The van der Waals surface area contributed by atoms with E-state index in [1.54, 1.807) is 0 Å². The molecule has 0 bridgehead atoms. The predicted molar refractivity (Wildman–Crippen MR) is 231 cm³/mol. The van der Waals surface area contributed by atoms with Crippen LogP contribution in [0, 0.1) is 5.92 Å². The molecule has 0 N–H and O–H groups in total. The lowest BCUT2D eigenvalue weighted by atomic mass is 9.96. The van der Waals surface area contributed by atoms with E-state index in [4.69, 9.17) is 0 Å². The van der Waals surface area contributed by atoms with E-state index in [9.17, 15) is 0 Å². The van der Waals surface area contributed by atoms with Crippen LogP contribution in [0.4, 0.5) is 28.4 Å². The minimum atomic E-state index is 0.334. The van der Waals surface area contributed by atoms with Gasteiger partial charge in [-0.05, 0) is 90.4 Å². The van der Waals surface area contributed by atoms with Gasteiger partial charge in [0.15, 0.2) is 0 Å². The first-order chi connectivity index (χ1) is 26.2. The molecule has 0 amide bonds. The van der Waals surface area contributed by atoms with Crippen LogP contribution in [0.25, 0.3) is 29.0 Å². The first-order valence-electron chi connectivity index (χ1n) is 19.0. The highest BCUT2D eigenvalue weighted by molar-refractivity contribution is 6.06. The average molecular weight is 689 g/mol. The summed E-state index contributed by atoms with van der Waals surface area (Å²) >= 11 is 0. The Morgan fingerprint density at radius 2 is 0.887 bits per heavy atom. The van der Waals surface area contributed by atoms with E-state index in [1.165, 1.54) is 38.8 Å². The zero-order valence-electron chi connectivity index (χ0n) is 30.8. The van der Waals surface area contributed by atoms with Gasteiger partial charge in [0.25, 0.3) is 0 Å². The largest absolute Gasteiger partial charge is 0.338 e. The molecule has 0 radical (unpaired) electrons. The predicted octanol–water partition coefficient (Wildman–Crippen LogP) is 14.5. The lowest BCUT2D eigenvalue weighted by Gasteiger charge is -2.36. The normalized spacial score (nSPS) is 12.6. The summed E-state index contributed by atoms with van der Waals surface area (Å²) in [4.78, 5) is 4.99. The number of benzene rings is 7. The molecule has 2 heteroatoms. The second kappa shape index (κ2) is 17.4. The third-order valence-corrected chi connectivity index (χ3v) is 10.1. The molecule has 53 heavy (non-hydrogen) atoms. The van der Waals surface area contributed by atoms with Crippen molar-refractivity contribution in [1.82, 2.24) is 0 Å². The molecule has 0 aliphatic rings. The third kappa shape index (κ3) is 8.68. The topological polar surface area (TPSA) is 6.48 Å². The van der Waals surface area contributed by atoms with E-state index in [1.807, 2.05) is 0 Å². The molecular weight excluding hydrogens is 641 g/mol. The molecule has 7 aromatic carbocycles. The molecule has 262 valence electrons. The van der Waals surface area contributed by atoms with Crippen molar-refractivity contribution in [2.45, 2.75) is 39.2 Å². The van der Waals surface area contributed by atoms with Gasteiger partial charge in [-0.25, -0.2) is 0 Å². The Labute approximate surface area is 316 Å². The number of hydrogen-bond donors (Lipinski definition) is 0. The van der Waals surface area contributed by atoms with Crippen LogP contribution in [0.5, 0.6) is 0 Å². The van der Waals surface area contributed by atoms with Crippen LogP contribution in [0.2, 0.25) is 0 Å². The highest BCUT2D eigenvalue weighted by Crippen LogP contribution is 2.44. The fraction of sp³-hybridized carbons (Fsp3) is 0.137. The van der Waals surface area contributed by atoms with E-state index in [0.29, 0.717) is 12.0 Å². The Kier molecular flexibility index (Phi) is 11.6. The average Bonchev–Trinajstić information content (AvgIpc) is 3.23. The second-order valence-corrected chi connectivity index (χ2v) is 13.7. The van der Waals surface area contributed by atoms with Gasteiger partial charge in [0.2, 0.25) is 0 Å². The minimum absolute atomic E-state index is 0.334. The van der Waals surface area contributed by atoms with E-state index >= 15 is 0 Å². The summed E-state index contributed by atoms with van der Waals surface area (Å²) in [5, 5.41) is 2.46. The maximum Gasteiger partial charge on any atom is 0.0541 e. The van der Waals surface area contributed by atoms with Gasteiger partial charge in [0.05, 0.1) is 5.69 Å². The van der Waals surface area contributed by atoms with Crippen molar-refractivity contribution >= 4 is 57.4 Å². The summed E-state index contributed by atoms with van der Waals surface area (Å²) in [6.45, 7) is 4.67. The van der Waals surface area contributed by atoms with Gasteiger partial charge in [-0.15, -0.1) is 0 Å². The summed E-state index contributed by atoms with van der Waals surface area (Å²) in [6, 6.07) is 65.5. The van der Waals surface area contributed by atoms with Crippen molar-refractivity contribution in [3.05, 3.63) is 205 Å².